The summed E-state index contributed by atoms with van der Waals surface area (Å²) in [6.45, 7) is 2.25. The highest BCUT2D eigenvalue weighted by atomic mass is 19.1. The van der Waals surface area contributed by atoms with Crippen molar-refractivity contribution in [2.75, 3.05) is 6.61 Å². The molecule has 0 spiro atoms. The first-order valence-electron chi connectivity index (χ1n) is 7.70. The second-order valence-corrected chi connectivity index (χ2v) is 5.97. The van der Waals surface area contributed by atoms with Crippen LogP contribution in [0.1, 0.15) is 40.4 Å². The van der Waals surface area contributed by atoms with Crippen LogP contribution in [0.3, 0.4) is 0 Å². The van der Waals surface area contributed by atoms with Crippen LogP contribution >= 0.6 is 0 Å². The minimum atomic E-state index is -0.363. The Morgan fingerprint density at radius 3 is 3.00 bits per heavy atom. The standard InChI is InChI=1S/C17H20FN3O2/c1-11-3-4-12(7-15(11)18)17(22)20-14-5-6-23-16(8-14)13-9-19-21(2)10-13/h3-4,7,9-10,14,16H,5-6,8H2,1-2H3,(H,20,22)/t14-,16+/m0/s1. The third-order valence-corrected chi connectivity index (χ3v) is 4.15. The number of aromatic nitrogens is 2. The number of benzene rings is 1. The Balaban J connectivity index is 1.65. The topological polar surface area (TPSA) is 56.1 Å². The molecule has 0 unspecified atom stereocenters. The van der Waals surface area contributed by atoms with Gasteiger partial charge in [0.2, 0.25) is 0 Å². The van der Waals surface area contributed by atoms with Gasteiger partial charge in [-0.2, -0.15) is 5.10 Å². The molecule has 0 aliphatic carbocycles. The lowest BCUT2D eigenvalue weighted by Gasteiger charge is -2.29. The Morgan fingerprint density at radius 2 is 2.30 bits per heavy atom. The molecular formula is C17H20FN3O2. The molecule has 2 aromatic rings. The van der Waals surface area contributed by atoms with Gasteiger partial charge in [-0.25, -0.2) is 4.39 Å². The number of nitrogens with one attached hydrogen (secondary N) is 1. The van der Waals surface area contributed by atoms with Crippen molar-refractivity contribution in [1.29, 1.82) is 0 Å². The van der Waals surface area contributed by atoms with E-state index >= 15 is 0 Å². The maximum atomic E-state index is 13.6. The van der Waals surface area contributed by atoms with Gasteiger partial charge in [0.05, 0.1) is 12.3 Å². The summed E-state index contributed by atoms with van der Waals surface area (Å²) in [7, 11) is 1.86. The lowest BCUT2D eigenvalue weighted by Crippen LogP contribution is -2.39. The predicted octanol–water partition coefficient (Wildman–Crippen LogP) is 2.52. The van der Waals surface area contributed by atoms with Crippen molar-refractivity contribution >= 4 is 5.91 Å². The van der Waals surface area contributed by atoms with E-state index in [9.17, 15) is 9.18 Å². The van der Waals surface area contributed by atoms with Crippen LogP contribution in [0.15, 0.2) is 30.6 Å². The van der Waals surface area contributed by atoms with Crippen LogP contribution in [0.5, 0.6) is 0 Å². The van der Waals surface area contributed by atoms with Crippen molar-refractivity contribution in [3.63, 3.8) is 0 Å². The van der Waals surface area contributed by atoms with Crippen molar-refractivity contribution in [2.24, 2.45) is 7.05 Å². The highest BCUT2D eigenvalue weighted by Gasteiger charge is 2.26. The van der Waals surface area contributed by atoms with Crippen molar-refractivity contribution in [1.82, 2.24) is 15.1 Å². The molecule has 1 fully saturated rings. The van der Waals surface area contributed by atoms with E-state index in [1.165, 1.54) is 6.07 Å². The number of carbonyl (C=O) groups is 1. The Morgan fingerprint density at radius 1 is 1.48 bits per heavy atom. The van der Waals surface area contributed by atoms with Gasteiger partial charge in [-0.05, 0) is 37.5 Å². The third-order valence-electron chi connectivity index (χ3n) is 4.15. The molecule has 1 aliphatic rings. The van der Waals surface area contributed by atoms with Crippen LogP contribution in [0.4, 0.5) is 4.39 Å². The number of nitrogens with zero attached hydrogens (tertiary/aromatic N) is 2. The average Bonchev–Trinajstić information content (AvgIpc) is 2.97. The number of hydrogen-bond donors (Lipinski definition) is 1. The fourth-order valence-electron chi connectivity index (χ4n) is 2.77. The van der Waals surface area contributed by atoms with Crippen LogP contribution in [-0.2, 0) is 11.8 Å². The molecule has 1 aromatic carbocycles. The lowest BCUT2D eigenvalue weighted by atomic mass is 9.99. The molecule has 0 bridgehead atoms. The molecule has 0 saturated carbocycles. The van der Waals surface area contributed by atoms with E-state index in [4.69, 9.17) is 4.74 Å². The van der Waals surface area contributed by atoms with E-state index in [2.05, 4.69) is 10.4 Å². The Kier molecular flexibility index (Phi) is 4.43. The largest absolute Gasteiger partial charge is 0.373 e. The molecule has 2 atom stereocenters. The predicted molar refractivity (Wildman–Crippen MR) is 83.5 cm³/mol. The van der Waals surface area contributed by atoms with Crippen LogP contribution in [0.25, 0.3) is 0 Å². The van der Waals surface area contributed by atoms with E-state index in [0.29, 0.717) is 24.2 Å². The maximum absolute atomic E-state index is 13.6. The van der Waals surface area contributed by atoms with E-state index < -0.39 is 0 Å². The monoisotopic (exact) mass is 317 g/mol. The molecule has 6 heteroatoms. The van der Waals surface area contributed by atoms with Crippen molar-refractivity contribution in [3.05, 3.63) is 53.1 Å². The molecule has 3 rings (SSSR count). The smallest absolute Gasteiger partial charge is 0.251 e. The molecule has 122 valence electrons. The van der Waals surface area contributed by atoms with Gasteiger partial charge in [-0.3, -0.25) is 9.48 Å². The Hall–Kier alpha value is -2.21. The van der Waals surface area contributed by atoms with E-state index in [0.717, 1.165) is 12.0 Å². The average molecular weight is 317 g/mol. The van der Waals surface area contributed by atoms with Gasteiger partial charge in [0.1, 0.15) is 5.82 Å². The number of aryl methyl sites for hydroxylation is 2. The number of amides is 1. The van der Waals surface area contributed by atoms with Crippen molar-refractivity contribution in [3.8, 4) is 0 Å². The minimum absolute atomic E-state index is 0.00539. The van der Waals surface area contributed by atoms with Gasteiger partial charge < -0.3 is 10.1 Å². The second-order valence-electron chi connectivity index (χ2n) is 5.97. The fourth-order valence-corrected chi connectivity index (χ4v) is 2.77. The molecule has 1 N–H and O–H groups in total. The van der Waals surface area contributed by atoms with E-state index in [1.807, 2.05) is 13.2 Å². The summed E-state index contributed by atoms with van der Waals surface area (Å²) < 4.78 is 21.1. The van der Waals surface area contributed by atoms with Gasteiger partial charge >= 0.3 is 0 Å². The first-order valence-corrected chi connectivity index (χ1v) is 7.70. The molecule has 1 aromatic heterocycles. The molecule has 1 aliphatic heterocycles. The fraction of sp³-hybridized carbons (Fsp3) is 0.412. The first kappa shape index (κ1) is 15.7. The van der Waals surface area contributed by atoms with E-state index in [1.54, 1.807) is 29.9 Å². The molecule has 0 radical (unpaired) electrons. The molecule has 2 heterocycles. The first-order chi connectivity index (χ1) is 11.0. The van der Waals surface area contributed by atoms with Gasteiger partial charge in [0, 0.05) is 37.0 Å². The SMILES string of the molecule is Cc1ccc(C(=O)N[C@H]2CCO[C@@H](c3cnn(C)c3)C2)cc1F. The molecule has 23 heavy (non-hydrogen) atoms. The van der Waals surface area contributed by atoms with Crippen molar-refractivity contribution in [2.45, 2.75) is 31.9 Å². The number of halogens is 1. The summed E-state index contributed by atoms with van der Waals surface area (Å²) in [4.78, 5) is 12.3. The van der Waals surface area contributed by atoms with Gasteiger partial charge in [0.25, 0.3) is 5.91 Å². The van der Waals surface area contributed by atoms with Crippen LogP contribution < -0.4 is 5.32 Å². The summed E-state index contributed by atoms with van der Waals surface area (Å²) in [5.74, 6) is -0.612. The third kappa shape index (κ3) is 3.59. The van der Waals surface area contributed by atoms with Crippen molar-refractivity contribution < 1.29 is 13.9 Å². The highest BCUT2D eigenvalue weighted by Crippen LogP contribution is 2.27. The van der Waals surface area contributed by atoms with Crippen LogP contribution in [0.2, 0.25) is 0 Å². The molecular weight excluding hydrogens is 297 g/mol. The number of rotatable bonds is 3. The normalized spacial score (nSPS) is 21.2. The minimum Gasteiger partial charge on any atom is -0.373 e. The second kappa shape index (κ2) is 6.50. The lowest BCUT2D eigenvalue weighted by molar-refractivity contribution is 0.000864. The van der Waals surface area contributed by atoms with Crippen LogP contribution in [0, 0.1) is 12.7 Å². The number of ether oxygens (including phenoxy) is 1. The zero-order valence-electron chi connectivity index (χ0n) is 13.3. The summed E-state index contributed by atoms with van der Waals surface area (Å²) in [5.41, 5.74) is 1.88. The summed E-state index contributed by atoms with van der Waals surface area (Å²) >= 11 is 0. The Bertz CT molecular complexity index is 714. The highest BCUT2D eigenvalue weighted by molar-refractivity contribution is 5.94. The van der Waals surface area contributed by atoms with Crippen LogP contribution in [-0.4, -0.2) is 28.3 Å². The summed E-state index contributed by atoms with van der Waals surface area (Å²) in [5, 5.41) is 7.13. The zero-order valence-corrected chi connectivity index (χ0v) is 13.3. The molecule has 1 amide bonds. The molecule has 1 saturated heterocycles. The Labute approximate surface area is 134 Å². The quantitative estimate of drug-likeness (QED) is 0.946. The number of hydrogen-bond acceptors (Lipinski definition) is 3. The summed E-state index contributed by atoms with van der Waals surface area (Å²) in [6.07, 6.45) is 5.06. The summed E-state index contributed by atoms with van der Waals surface area (Å²) in [6, 6.07) is 4.55. The molecule has 5 nitrogen and oxygen atoms in total. The van der Waals surface area contributed by atoms with Gasteiger partial charge in [-0.1, -0.05) is 6.07 Å². The van der Waals surface area contributed by atoms with Gasteiger partial charge in [0.15, 0.2) is 0 Å². The maximum Gasteiger partial charge on any atom is 0.251 e. The van der Waals surface area contributed by atoms with E-state index in [-0.39, 0.29) is 23.9 Å². The zero-order chi connectivity index (χ0) is 16.4. The van der Waals surface area contributed by atoms with Gasteiger partial charge in [-0.15, -0.1) is 0 Å². The number of carbonyl (C=O) groups excluding carboxylic acids is 1.